The minimum absolute atomic E-state index is 0.329. The fraction of sp³-hybridized carbons (Fsp3) is 0.750. The summed E-state index contributed by atoms with van der Waals surface area (Å²) in [4.78, 5) is 19.5. The maximum Gasteiger partial charge on any atom is 0.222 e. The Bertz CT molecular complexity index is 484. The highest BCUT2D eigenvalue weighted by Crippen LogP contribution is 2.38. The zero-order chi connectivity index (χ0) is 14.7. The van der Waals surface area contributed by atoms with Crippen LogP contribution in [0.25, 0.3) is 0 Å². The minimum atomic E-state index is 0.329. The van der Waals surface area contributed by atoms with Crippen molar-refractivity contribution in [3.05, 3.63) is 16.1 Å². The van der Waals surface area contributed by atoms with Crippen molar-refractivity contribution in [1.82, 2.24) is 15.2 Å². The molecule has 0 spiro atoms. The molecule has 4 nitrogen and oxygen atoms in total. The summed E-state index contributed by atoms with van der Waals surface area (Å²) in [5.74, 6) is 1.07. The molecule has 3 rings (SSSR count). The van der Waals surface area contributed by atoms with Crippen LogP contribution in [0, 0.1) is 0 Å². The van der Waals surface area contributed by atoms with Crippen molar-refractivity contribution in [3.8, 4) is 0 Å². The number of hydrogen-bond acceptors (Lipinski definition) is 4. The summed E-state index contributed by atoms with van der Waals surface area (Å²) in [6.07, 6.45) is 8.84. The van der Waals surface area contributed by atoms with E-state index in [4.69, 9.17) is 0 Å². The Balaban J connectivity index is 1.37. The van der Waals surface area contributed by atoms with Gasteiger partial charge in [-0.15, -0.1) is 11.3 Å². The maximum absolute atomic E-state index is 11.6. The molecule has 0 radical (unpaired) electrons. The summed E-state index contributed by atoms with van der Waals surface area (Å²) in [5.41, 5.74) is 0. The van der Waals surface area contributed by atoms with Crippen molar-refractivity contribution in [3.63, 3.8) is 0 Å². The predicted molar refractivity (Wildman–Crippen MR) is 85.4 cm³/mol. The van der Waals surface area contributed by atoms with Crippen LogP contribution in [0.15, 0.2) is 6.20 Å². The second kappa shape index (κ2) is 6.88. The number of nitrogens with one attached hydrogen (secondary N) is 1. The highest BCUT2D eigenvalue weighted by Gasteiger charge is 2.23. The Morgan fingerprint density at radius 1 is 1.48 bits per heavy atom. The summed E-state index contributed by atoms with van der Waals surface area (Å²) in [7, 11) is 0. The van der Waals surface area contributed by atoms with E-state index in [9.17, 15) is 4.79 Å². The van der Waals surface area contributed by atoms with Gasteiger partial charge in [0.05, 0.1) is 5.01 Å². The third-order valence-corrected chi connectivity index (χ3v) is 5.81. The first-order chi connectivity index (χ1) is 10.2. The largest absolute Gasteiger partial charge is 0.343 e. The molecule has 2 heterocycles. The lowest BCUT2D eigenvalue weighted by Gasteiger charge is -2.22. The van der Waals surface area contributed by atoms with Crippen LogP contribution in [-0.4, -0.2) is 34.9 Å². The molecule has 2 aliphatic rings. The van der Waals surface area contributed by atoms with E-state index in [1.807, 2.05) is 22.4 Å². The first-order valence-electron chi connectivity index (χ1n) is 8.18. The van der Waals surface area contributed by atoms with Gasteiger partial charge >= 0.3 is 0 Å². The topological polar surface area (TPSA) is 45.2 Å². The average Bonchev–Trinajstić information content (AvgIpc) is 3.02. The van der Waals surface area contributed by atoms with Gasteiger partial charge in [-0.2, -0.15) is 0 Å². The number of hydrogen-bond donors (Lipinski definition) is 1. The lowest BCUT2D eigenvalue weighted by molar-refractivity contribution is -0.127. The number of thiazole rings is 1. The summed E-state index contributed by atoms with van der Waals surface area (Å²) >= 11 is 1.86. The minimum Gasteiger partial charge on any atom is -0.343 e. The van der Waals surface area contributed by atoms with Crippen molar-refractivity contribution in [2.45, 2.75) is 64.0 Å². The molecule has 1 N–H and O–H groups in total. The molecule has 1 aromatic rings. The van der Waals surface area contributed by atoms with Crippen LogP contribution in [0.2, 0.25) is 0 Å². The summed E-state index contributed by atoms with van der Waals surface area (Å²) in [5, 5.41) is 4.89. The van der Waals surface area contributed by atoms with E-state index in [0.29, 0.717) is 11.9 Å². The van der Waals surface area contributed by atoms with Crippen LogP contribution in [0.1, 0.15) is 61.3 Å². The quantitative estimate of drug-likeness (QED) is 0.842. The van der Waals surface area contributed by atoms with E-state index in [0.717, 1.165) is 44.8 Å². The van der Waals surface area contributed by atoms with Crippen LogP contribution < -0.4 is 5.32 Å². The summed E-state index contributed by atoms with van der Waals surface area (Å²) in [6.45, 7) is 4.95. The van der Waals surface area contributed by atoms with E-state index in [-0.39, 0.29) is 0 Å². The molecule has 1 aliphatic heterocycles. The van der Waals surface area contributed by atoms with Gasteiger partial charge in [-0.05, 0) is 32.6 Å². The summed E-state index contributed by atoms with van der Waals surface area (Å²) < 4.78 is 0. The van der Waals surface area contributed by atoms with Crippen LogP contribution in [-0.2, 0) is 11.3 Å². The number of rotatable bonds is 7. The number of amides is 1. The normalized spacial score (nSPS) is 20.8. The number of likely N-dealkylation sites (tertiary alicyclic amines) is 1. The SMILES string of the molecule is C[C@H](CCN1CCCC1=O)NCc1cnc(C2CCC2)s1. The molecular weight excluding hydrogens is 282 g/mol. The molecule has 0 unspecified atom stereocenters. The molecule has 1 aromatic heterocycles. The van der Waals surface area contributed by atoms with Crippen molar-refractivity contribution in [2.75, 3.05) is 13.1 Å². The van der Waals surface area contributed by atoms with E-state index in [1.165, 1.54) is 29.1 Å². The molecule has 1 saturated carbocycles. The average molecular weight is 307 g/mol. The Morgan fingerprint density at radius 3 is 3.00 bits per heavy atom. The van der Waals surface area contributed by atoms with Crippen LogP contribution in [0.5, 0.6) is 0 Å². The van der Waals surface area contributed by atoms with Gasteiger partial charge in [-0.1, -0.05) is 6.42 Å². The Labute approximate surface area is 130 Å². The number of carbonyl (C=O) groups excluding carboxylic acids is 1. The zero-order valence-corrected chi connectivity index (χ0v) is 13.6. The van der Waals surface area contributed by atoms with Gasteiger partial charge in [0.15, 0.2) is 0 Å². The molecular formula is C16H25N3OS. The van der Waals surface area contributed by atoms with Crippen molar-refractivity contribution in [1.29, 1.82) is 0 Å². The van der Waals surface area contributed by atoms with Crippen LogP contribution >= 0.6 is 11.3 Å². The first kappa shape index (κ1) is 15.0. The van der Waals surface area contributed by atoms with Gasteiger partial charge in [0.2, 0.25) is 5.91 Å². The van der Waals surface area contributed by atoms with Gasteiger partial charge in [0.25, 0.3) is 0 Å². The monoisotopic (exact) mass is 307 g/mol. The molecule has 1 aliphatic carbocycles. The molecule has 0 aromatic carbocycles. The zero-order valence-electron chi connectivity index (χ0n) is 12.8. The van der Waals surface area contributed by atoms with Gasteiger partial charge in [0.1, 0.15) is 0 Å². The highest BCUT2D eigenvalue weighted by molar-refractivity contribution is 7.11. The second-order valence-electron chi connectivity index (χ2n) is 6.35. The van der Waals surface area contributed by atoms with Crippen LogP contribution in [0.4, 0.5) is 0 Å². The lowest BCUT2D eigenvalue weighted by Crippen LogP contribution is -2.32. The standard InChI is InChI=1S/C16H25N3OS/c1-12(7-9-19-8-3-6-15(19)20)17-10-14-11-18-16(21-14)13-4-2-5-13/h11-13,17H,2-10H2,1H3/t12-/m1/s1. The van der Waals surface area contributed by atoms with Gasteiger partial charge in [-0.25, -0.2) is 4.98 Å². The molecule has 2 fully saturated rings. The number of aromatic nitrogens is 1. The second-order valence-corrected chi connectivity index (χ2v) is 7.49. The van der Waals surface area contributed by atoms with E-state index < -0.39 is 0 Å². The Kier molecular flexibility index (Phi) is 4.91. The van der Waals surface area contributed by atoms with Crippen molar-refractivity contribution >= 4 is 17.2 Å². The molecule has 5 heteroatoms. The molecule has 21 heavy (non-hydrogen) atoms. The summed E-state index contributed by atoms with van der Waals surface area (Å²) in [6, 6.07) is 0.438. The molecule has 1 amide bonds. The Hall–Kier alpha value is -0.940. The smallest absolute Gasteiger partial charge is 0.222 e. The van der Waals surface area contributed by atoms with Crippen molar-refractivity contribution in [2.24, 2.45) is 0 Å². The van der Waals surface area contributed by atoms with Gasteiger partial charge in [-0.3, -0.25) is 4.79 Å². The molecule has 116 valence electrons. The number of carbonyl (C=O) groups is 1. The van der Waals surface area contributed by atoms with E-state index >= 15 is 0 Å². The van der Waals surface area contributed by atoms with Gasteiger partial charge < -0.3 is 10.2 Å². The maximum atomic E-state index is 11.6. The highest BCUT2D eigenvalue weighted by atomic mass is 32.1. The molecule has 0 bridgehead atoms. The van der Waals surface area contributed by atoms with Gasteiger partial charge in [0, 0.05) is 49.1 Å². The van der Waals surface area contributed by atoms with E-state index in [2.05, 4.69) is 17.2 Å². The van der Waals surface area contributed by atoms with Crippen LogP contribution in [0.3, 0.4) is 0 Å². The molecule has 1 atom stereocenters. The third kappa shape index (κ3) is 3.83. The predicted octanol–water partition coefficient (Wildman–Crippen LogP) is 2.90. The first-order valence-corrected chi connectivity index (χ1v) is 9.00. The fourth-order valence-electron chi connectivity index (χ4n) is 2.92. The Morgan fingerprint density at radius 2 is 2.33 bits per heavy atom. The molecule has 1 saturated heterocycles. The lowest BCUT2D eigenvalue weighted by atomic mass is 9.86. The van der Waals surface area contributed by atoms with E-state index in [1.54, 1.807) is 0 Å². The van der Waals surface area contributed by atoms with Crippen molar-refractivity contribution < 1.29 is 4.79 Å². The number of nitrogens with zero attached hydrogens (tertiary/aromatic N) is 2. The fourth-order valence-corrected chi connectivity index (χ4v) is 3.95. The third-order valence-electron chi connectivity index (χ3n) is 4.65.